The average molecular weight is 225 g/mol. The van der Waals surface area contributed by atoms with Gasteiger partial charge in [0, 0.05) is 18.3 Å². The maximum absolute atomic E-state index is 11.8. The molecule has 90 valence electrons. The number of amides is 2. The molecule has 0 aromatic heterocycles. The number of hydrogen-bond donors (Lipinski definition) is 0. The van der Waals surface area contributed by atoms with Crippen molar-refractivity contribution in [1.82, 2.24) is 4.90 Å². The van der Waals surface area contributed by atoms with Gasteiger partial charge >= 0.3 is 0 Å². The highest BCUT2D eigenvalue weighted by molar-refractivity contribution is 6.16. The Kier molecular flexibility index (Phi) is 4.24. The summed E-state index contributed by atoms with van der Waals surface area (Å²) in [7, 11) is 0. The smallest absolute Gasteiger partial charge is 0.256 e. The Bertz CT molecular complexity index is 320. The quantitative estimate of drug-likeness (QED) is 0.664. The molecule has 0 radical (unpaired) electrons. The molecule has 4 heteroatoms. The van der Waals surface area contributed by atoms with E-state index in [0.29, 0.717) is 18.8 Å². The van der Waals surface area contributed by atoms with E-state index in [-0.39, 0.29) is 23.8 Å². The van der Waals surface area contributed by atoms with Crippen molar-refractivity contribution in [3.63, 3.8) is 0 Å². The molecule has 0 saturated heterocycles. The van der Waals surface area contributed by atoms with Crippen molar-refractivity contribution < 1.29 is 14.3 Å². The van der Waals surface area contributed by atoms with Gasteiger partial charge in [0.15, 0.2) is 0 Å². The zero-order chi connectivity index (χ0) is 12.3. The molecular formula is C12H19NO3. The average Bonchev–Trinajstić information content (AvgIpc) is 2.44. The molecule has 0 aromatic carbocycles. The van der Waals surface area contributed by atoms with Gasteiger partial charge in [0.25, 0.3) is 11.8 Å². The van der Waals surface area contributed by atoms with Crippen molar-refractivity contribution in [2.75, 3.05) is 13.2 Å². The fourth-order valence-corrected chi connectivity index (χ4v) is 1.72. The number of carbonyl (C=O) groups is 2. The fraction of sp³-hybridized carbons (Fsp3) is 0.667. The summed E-state index contributed by atoms with van der Waals surface area (Å²) in [6, 6.07) is -0.173. The summed E-state index contributed by atoms with van der Waals surface area (Å²) in [5.74, 6) is -0.219. The predicted molar refractivity (Wildman–Crippen MR) is 60.7 cm³/mol. The normalized spacial score (nSPS) is 18.3. The number of carbonyl (C=O) groups excluding carboxylic acids is 2. The monoisotopic (exact) mass is 225 g/mol. The molecular weight excluding hydrogens is 206 g/mol. The Labute approximate surface area is 96.3 Å². The van der Waals surface area contributed by atoms with Crippen LogP contribution in [0.4, 0.5) is 0 Å². The summed E-state index contributed by atoms with van der Waals surface area (Å²) in [5.41, 5.74) is 0.507. The van der Waals surface area contributed by atoms with Crippen LogP contribution in [0.5, 0.6) is 0 Å². The first-order valence-electron chi connectivity index (χ1n) is 5.62. The first-order chi connectivity index (χ1) is 7.49. The molecule has 0 N–H and O–H groups in total. The predicted octanol–water partition coefficient (Wildman–Crippen LogP) is 1.36. The highest BCUT2D eigenvalue weighted by Gasteiger charge is 2.35. The van der Waals surface area contributed by atoms with Gasteiger partial charge in [0.2, 0.25) is 0 Å². The third-order valence-corrected chi connectivity index (χ3v) is 2.73. The molecule has 1 heterocycles. The molecule has 1 rings (SSSR count). The largest absolute Gasteiger partial charge is 0.380 e. The molecule has 4 nitrogen and oxygen atoms in total. The van der Waals surface area contributed by atoms with E-state index in [1.807, 2.05) is 20.8 Å². The Hall–Kier alpha value is -1.16. The van der Waals surface area contributed by atoms with Gasteiger partial charge < -0.3 is 4.74 Å². The van der Waals surface area contributed by atoms with Crippen LogP contribution in [-0.2, 0) is 14.3 Å². The van der Waals surface area contributed by atoms with E-state index in [1.54, 1.807) is 6.92 Å². The second-order valence-corrected chi connectivity index (χ2v) is 4.31. The number of hydrogen-bond acceptors (Lipinski definition) is 3. The van der Waals surface area contributed by atoms with Crippen molar-refractivity contribution in [2.45, 2.75) is 33.7 Å². The van der Waals surface area contributed by atoms with Crippen LogP contribution in [0.25, 0.3) is 0 Å². The van der Waals surface area contributed by atoms with Gasteiger partial charge in [-0.3, -0.25) is 14.5 Å². The summed E-state index contributed by atoms with van der Waals surface area (Å²) in [4.78, 5) is 24.8. The SMILES string of the molecule is CCOCC(C(C)C)N1C(=O)C=C(C)C1=O. The van der Waals surface area contributed by atoms with Crippen molar-refractivity contribution in [1.29, 1.82) is 0 Å². The number of imide groups is 1. The van der Waals surface area contributed by atoms with Gasteiger partial charge in [-0.05, 0) is 19.8 Å². The van der Waals surface area contributed by atoms with Gasteiger partial charge in [0.05, 0.1) is 12.6 Å². The summed E-state index contributed by atoms with van der Waals surface area (Å²) in [6.45, 7) is 8.53. The second kappa shape index (κ2) is 5.25. The molecule has 1 unspecified atom stereocenters. The van der Waals surface area contributed by atoms with Crippen LogP contribution in [0, 0.1) is 5.92 Å². The van der Waals surface area contributed by atoms with Gasteiger partial charge in [-0.1, -0.05) is 13.8 Å². The lowest BCUT2D eigenvalue weighted by Crippen LogP contribution is -2.46. The van der Waals surface area contributed by atoms with Crippen LogP contribution >= 0.6 is 0 Å². The lowest BCUT2D eigenvalue weighted by Gasteiger charge is -2.29. The van der Waals surface area contributed by atoms with Gasteiger partial charge in [-0.2, -0.15) is 0 Å². The van der Waals surface area contributed by atoms with Gasteiger partial charge in [-0.25, -0.2) is 0 Å². The summed E-state index contributed by atoms with van der Waals surface area (Å²) in [6.07, 6.45) is 1.39. The van der Waals surface area contributed by atoms with E-state index in [2.05, 4.69) is 0 Å². The van der Waals surface area contributed by atoms with E-state index in [4.69, 9.17) is 4.74 Å². The van der Waals surface area contributed by atoms with Crippen LogP contribution in [-0.4, -0.2) is 36.0 Å². The lowest BCUT2D eigenvalue weighted by atomic mass is 10.0. The van der Waals surface area contributed by atoms with Gasteiger partial charge in [0.1, 0.15) is 0 Å². The minimum absolute atomic E-state index is 0.173. The standard InChI is InChI=1S/C12H19NO3/c1-5-16-7-10(8(2)3)13-11(14)6-9(4)12(13)15/h6,8,10H,5,7H2,1-4H3. The van der Waals surface area contributed by atoms with Crippen molar-refractivity contribution >= 4 is 11.8 Å². The van der Waals surface area contributed by atoms with E-state index < -0.39 is 0 Å². The molecule has 1 aliphatic rings. The molecule has 0 aromatic rings. The molecule has 0 fully saturated rings. The maximum Gasteiger partial charge on any atom is 0.256 e. The van der Waals surface area contributed by atoms with Crippen molar-refractivity contribution in [3.8, 4) is 0 Å². The van der Waals surface area contributed by atoms with Crippen molar-refractivity contribution in [3.05, 3.63) is 11.6 Å². The highest BCUT2D eigenvalue weighted by atomic mass is 16.5. The first kappa shape index (κ1) is 12.9. The Morgan fingerprint density at radius 3 is 2.38 bits per heavy atom. The van der Waals surface area contributed by atoms with Crippen LogP contribution in [0.2, 0.25) is 0 Å². The molecule has 2 amide bonds. The zero-order valence-electron chi connectivity index (χ0n) is 10.3. The Morgan fingerprint density at radius 1 is 1.38 bits per heavy atom. The van der Waals surface area contributed by atoms with Crippen LogP contribution in [0.15, 0.2) is 11.6 Å². The third-order valence-electron chi connectivity index (χ3n) is 2.73. The van der Waals surface area contributed by atoms with Crippen LogP contribution in [0.3, 0.4) is 0 Å². The molecule has 0 saturated carbocycles. The zero-order valence-corrected chi connectivity index (χ0v) is 10.3. The molecule has 1 atom stereocenters. The molecule has 0 bridgehead atoms. The number of rotatable bonds is 5. The Balaban J connectivity index is 2.80. The highest BCUT2D eigenvalue weighted by Crippen LogP contribution is 2.20. The molecule has 16 heavy (non-hydrogen) atoms. The topological polar surface area (TPSA) is 46.6 Å². The number of ether oxygens (including phenoxy) is 1. The van der Waals surface area contributed by atoms with E-state index in [1.165, 1.54) is 11.0 Å². The lowest BCUT2D eigenvalue weighted by molar-refractivity contribution is -0.142. The first-order valence-corrected chi connectivity index (χ1v) is 5.62. The van der Waals surface area contributed by atoms with E-state index >= 15 is 0 Å². The molecule has 0 aliphatic carbocycles. The maximum atomic E-state index is 11.8. The summed E-state index contributed by atoms with van der Waals surface area (Å²) in [5, 5.41) is 0. The minimum atomic E-state index is -0.221. The molecule has 0 spiro atoms. The Morgan fingerprint density at radius 2 is 2.00 bits per heavy atom. The third kappa shape index (κ3) is 2.50. The fourth-order valence-electron chi connectivity index (χ4n) is 1.72. The van der Waals surface area contributed by atoms with Gasteiger partial charge in [-0.15, -0.1) is 0 Å². The van der Waals surface area contributed by atoms with Crippen LogP contribution < -0.4 is 0 Å². The van der Waals surface area contributed by atoms with E-state index in [0.717, 1.165) is 0 Å². The summed E-state index contributed by atoms with van der Waals surface area (Å²) < 4.78 is 5.33. The summed E-state index contributed by atoms with van der Waals surface area (Å²) >= 11 is 0. The van der Waals surface area contributed by atoms with Crippen molar-refractivity contribution in [2.24, 2.45) is 5.92 Å². The number of nitrogens with zero attached hydrogens (tertiary/aromatic N) is 1. The minimum Gasteiger partial charge on any atom is -0.380 e. The van der Waals surface area contributed by atoms with Crippen LogP contribution in [0.1, 0.15) is 27.7 Å². The van der Waals surface area contributed by atoms with E-state index in [9.17, 15) is 9.59 Å². The second-order valence-electron chi connectivity index (χ2n) is 4.31. The molecule has 1 aliphatic heterocycles.